The van der Waals surface area contributed by atoms with Crippen molar-refractivity contribution in [3.05, 3.63) is 53.9 Å². The average molecular weight is 346 g/mol. The summed E-state index contributed by atoms with van der Waals surface area (Å²) in [6.07, 6.45) is 11.0. The highest BCUT2D eigenvalue weighted by molar-refractivity contribution is 5.92. The maximum atomic E-state index is 12.7. The Balaban J connectivity index is 1.52. The zero-order chi connectivity index (χ0) is 18.0. The first-order valence-corrected chi connectivity index (χ1v) is 9.14. The van der Waals surface area contributed by atoms with Gasteiger partial charge in [-0.1, -0.05) is 12.0 Å². The van der Waals surface area contributed by atoms with Crippen LogP contribution in [0.5, 0.6) is 0 Å². The van der Waals surface area contributed by atoms with Gasteiger partial charge < -0.3 is 5.32 Å². The summed E-state index contributed by atoms with van der Waals surface area (Å²) < 4.78 is 0. The minimum Gasteiger partial charge on any atom is -0.345 e. The molecule has 2 heterocycles. The minimum absolute atomic E-state index is 0.0126. The molecule has 0 spiro atoms. The summed E-state index contributed by atoms with van der Waals surface area (Å²) in [5, 5.41) is 3.27. The zero-order valence-electron chi connectivity index (χ0n) is 15.0. The van der Waals surface area contributed by atoms with E-state index in [0.29, 0.717) is 5.69 Å². The van der Waals surface area contributed by atoms with Crippen LogP contribution in [0.25, 0.3) is 0 Å². The number of rotatable bonds is 2. The van der Waals surface area contributed by atoms with E-state index in [0.717, 1.165) is 49.9 Å². The average Bonchev–Trinajstić information content (AvgIpc) is 2.91. The molecule has 2 unspecified atom stereocenters. The van der Waals surface area contributed by atoms with E-state index in [2.05, 4.69) is 32.1 Å². The second kappa shape index (κ2) is 6.53. The molecule has 2 aliphatic carbocycles. The fraction of sp³-hybridized carbons (Fsp3) is 0.429. The van der Waals surface area contributed by atoms with Crippen LogP contribution in [0.4, 0.5) is 0 Å². The summed E-state index contributed by atoms with van der Waals surface area (Å²) in [7, 11) is 0. The van der Waals surface area contributed by atoms with Gasteiger partial charge in [0.05, 0.1) is 11.9 Å². The highest BCUT2D eigenvalue weighted by Crippen LogP contribution is 2.53. The van der Waals surface area contributed by atoms with Crippen LogP contribution in [0.2, 0.25) is 0 Å². The van der Waals surface area contributed by atoms with Gasteiger partial charge in [0.25, 0.3) is 5.91 Å². The Morgan fingerprint density at radius 2 is 2.12 bits per heavy atom. The molecule has 0 aliphatic heterocycles. The molecular weight excluding hydrogens is 324 g/mol. The van der Waals surface area contributed by atoms with Gasteiger partial charge in [0, 0.05) is 23.3 Å². The topological polar surface area (TPSA) is 67.8 Å². The number of amides is 1. The SMILES string of the molecule is Cc1cncc(C(=O)NC23CCCC(C#Cc4ccccn4)(CC2)C3)n1. The lowest BCUT2D eigenvalue weighted by Crippen LogP contribution is -2.49. The van der Waals surface area contributed by atoms with Gasteiger partial charge in [0.2, 0.25) is 0 Å². The minimum atomic E-state index is -0.167. The van der Waals surface area contributed by atoms with Gasteiger partial charge in [-0.2, -0.15) is 0 Å². The lowest BCUT2D eigenvalue weighted by atomic mass is 9.73. The van der Waals surface area contributed by atoms with E-state index in [1.165, 1.54) is 6.20 Å². The number of carbonyl (C=O) groups excluding carboxylic acids is 1. The lowest BCUT2D eigenvalue weighted by Gasteiger charge is -2.37. The number of carbonyl (C=O) groups is 1. The Hall–Kier alpha value is -2.74. The number of hydrogen-bond acceptors (Lipinski definition) is 4. The van der Waals surface area contributed by atoms with Crippen LogP contribution in [-0.2, 0) is 0 Å². The monoisotopic (exact) mass is 346 g/mol. The maximum Gasteiger partial charge on any atom is 0.271 e. The van der Waals surface area contributed by atoms with E-state index in [1.807, 2.05) is 25.1 Å². The third-order valence-electron chi connectivity index (χ3n) is 5.56. The Morgan fingerprint density at radius 3 is 2.92 bits per heavy atom. The first-order chi connectivity index (χ1) is 12.6. The number of aryl methyl sites for hydroxylation is 1. The first kappa shape index (κ1) is 16.7. The Morgan fingerprint density at radius 1 is 1.19 bits per heavy atom. The molecule has 132 valence electrons. The molecule has 26 heavy (non-hydrogen) atoms. The van der Waals surface area contributed by atoms with E-state index < -0.39 is 0 Å². The van der Waals surface area contributed by atoms with Gasteiger partial charge in [-0.15, -0.1) is 0 Å². The molecule has 2 aliphatic rings. The zero-order valence-corrected chi connectivity index (χ0v) is 15.0. The molecule has 0 aromatic carbocycles. The molecule has 2 fully saturated rings. The Kier molecular flexibility index (Phi) is 4.20. The van der Waals surface area contributed by atoms with Crippen molar-refractivity contribution in [1.82, 2.24) is 20.3 Å². The summed E-state index contributed by atoms with van der Waals surface area (Å²) in [6.45, 7) is 1.84. The van der Waals surface area contributed by atoms with Gasteiger partial charge in [0.1, 0.15) is 11.4 Å². The number of hydrogen-bond donors (Lipinski definition) is 1. The van der Waals surface area contributed by atoms with Gasteiger partial charge in [-0.25, -0.2) is 9.97 Å². The smallest absolute Gasteiger partial charge is 0.271 e. The van der Waals surface area contributed by atoms with Crippen molar-refractivity contribution in [3.8, 4) is 11.8 Å². The largest absolute Gasteiger partial charge is 0.345 e. The molecule has 1 N–H and O–H groups in total. The van der Waals surface area contributed by atoms with E-state index >= 15 is 0 Å². The van der Waals surface area contributed by atoms with Crippen molar-refractivity contribution in [2.45, 2.75) is 51.0 Å². The number of aromatic nitrogens is 3. The highest BCUT2D eigenvalue weighted by Gasteiger charge is 2.51. The molecule has 0 radical (unpaired) electrons. The number of pyridine rings is 1. The van der Waals surface area contributed by atoms with Gasteiger partial charge in [0.15, 0.2) is 0 Å². The molecule has 1 amide bonds. The van der Waals surface area contributed by atoms with Gasteiger partial charge in [-0.3, -0.25) is 9.78 Å². The summed E-state index contributed by atoms with van der Waals surface area (Å²) >= 11 is 0. The summed E-state index contributed by atoms with van der Waals surface area (Å²) in [4.78, 5) is 25.4. The fourth-order valence-corrected chi connectivity index (χ4v) is 4.34. The number of fused-ring (bicyclic) bond motifs is 2. The molecular formula is C21H22N4O. The Labute approximate surface area is 153 Å². The van der Waals surface area contributed by atoms with E-state index in [1.54, 1.807) is 12.4 Å². The van der Waals surface area contributed by atoms with E-state index in [-0.39, 0.29) is 16.9 Å². The normalized spacial score (nSPS) is 26.7. The quantitative estimate of drug-likeness (QED) is 0.849. The van der Waals surface area contributed by atoms with E-state index in [4.69, 9.17) is 0 Å². The molecule has 2 saturated carbocycles. The Bertz CT molecular complexity index is 886. The van der Waals surface area contributed by atoms with Crippen LogP contribution in [0.1, 0.15) is 60.4 Å². The second-order valence-corrected chi connectivity index (χ2v) is 7.56. The maximum absolute atomic E-state index is 12.7. The highest BCUT2D eigenvalue weighted by atomic mass is 16.2. The first-order valence-electron chi connectivity index (χ1n) is 9.14. The summed E-state index contributed by atoms with van der Waals surface area (Å²) in [5.41, 5.74) is 1.77. The van der Waals surface area contributed by atoms with Crippen molar-refractivity contribution in [2.75, 3.05) is 0 Å². The molecule has 5 nitrogen and oxygen atoms in total. The van der Waals surface area contributed by atoms with Crippen LogP contribution in [0.3, 0.4) is 0 Å². The lowest BCUT2D eigenvalue weighted by molar-refractivity contribution is 0.0866. The molecule has 2 aromatic rings. The van der Waals surface area contributed by atoms with Gasteiger partial charge in [-0.05, 0) is 63.5 Å². The standard InChI is InChI=1S/C21H22N4O/c1-16-13-22-14-18(24-16)19(26)25-21-8-4-7-20(15-21,10-11-21)9-6-17-5-2-3-12-23-17/h2-3,5,12-14H,4,7-8,10-11,15H2,1H3,(H,25,26). The van der Waals surface area contributed by atoms with Crippen molar-refractivity contribution in [1.29, 1.82) is 0 Å². The van der Waals surface area contributed by atoms with Crippen molar-refractivity contribution < 1.29 is 4.79 Å². The third-order valence-corrected chi connectivity index (χ3v) is 5.56. The van der Waals surface area contributed by atoms with Crippen molar-refractivity contribution >= 4 is 5.91 Å². The van der Waals surface area contributed by atoms with Crippen LogP contribution in [0, 0.1) is 24.2 Å². The number of nitrogens with one attached hydrogen (secondary N) is 1. The van der Waals surface area contributed by atoms with E-state index in [9.17, 15) is 4.79 Å². The predicted octanol–water partition coefficient (Wildman–Crippen LogP) is 3.05. The molecule has 2 aromatic heterocycles. The summed E-state index contributed by atoms with van der Waals surface area (Å²) in [5.74, 6) is 6.62. The third kappa shape index (κ3) is 3.32. The molecule has 0 saturated heterocycles. The predicted molar refractivity (Wildman–Crippen MR) is 98.2 cm³/mol. The van der Waals surface area contributed by atoms with Crippen molar-refractivity contribution in [2.24, 2.45) is 5.41 Å². The molecule has 2 bridgehead atoms. The van der Waals surface area contributed by atoms with Crippen LogP contribution >= 0.6 is 0 Å². The van der Waals surface area contributed by atoms with Crippen molar-refractivity contribution in [3.63, 3.8) is 0 Å². The summed E-state index contributed by atoms with van der Waals surface area (Å²) in [6, 6.07) is 5.79. The van der Waals surface area contributed by atoms with Crippen LogP contribution in [0.15, 0.2) is 36.8 Å². The van der Waals surface area contributed by atoms with Gasteiger partial charge >= 0.3 is 0 Å². The molecule has 4 rings (SSSR count). The van der Waals surface area contributed by atoms with Crippen LogP contribution in [-0.4, -0.2) is 26.4 Å². The molecule has 2 atom stereocenters. The second-order valence-electron chi connectivity index (χ2n) is 7.56. The van der Waals surface area contributed by atoms with Crippen LogP contribution < -0.4 is 5.32 Å². The fourth-order valence-electron chi connectivity index (χ4n) is 4.34. The molecule has 5 heteroatoms. The number of nitrogens with zero attached hydrogens (tertiary/aromatic N) is 3.